The lowest BCUT2D eigenvalue weighted by molar-refractivity contribution is 0.253. The second-order valence-electron chi connectivity index (χ2n) is 5.76. The molecule has 4 nitrogen and oxygen atoms in total. The molecule has 124 valence electrons. The summed E-state index contributed by atoms with van der Waals surface area (Å²) in [6.07, 6.45) is 0. The van der Waals surface area contributed by atoms with Gasteiger partial charge in [-0.15, -0.1) is 22.7 Å². The maximum atomic E-state index is 6.18. The Morgan fingerprint density at radius 3 is 1.76 bits per heavy atom. The fraction of sp³-hybridized carbons (Fsp3) is 0.125. The molecular formula is C16H6I2N2O2S3. The summed E-state index contributed by atoms with van der Waals surface area (Å²) in [7, 11) is 0. The van der Waals surface area contributed by atoms with Crippen LogP contribution in [-0.4, -0.2) is 8.75 Å². The van der Waals surface area contributed by atoms with Crippen LogP contribution in [0.3, 0.4) is 0 Å². The molecule has 6 rings (SSSR count). The molecule has 0 N–H and O–H groups in total. The van der Waals surface area contributed by atoms with Gasteiger partial charge in [-0.2, -0.15) is 8.75 Å². The maximum Gasteiger partial charge on any atom is 0.173 e. The number of ether oxygens (including phenoxy) is 2. The predicted molar refractivity (Wildman–Crippen MR) is 118 cm³/mol. The molecule has 0 atom stereocenters. The molecule has 0 unspecified atom stereocenters. The molecule has 0 aliphatic carbocycles. The minimum Gasteiger partial charge on any atom is -0.484 e. The molecule has 2 aliphatic rings. The second-order valence-corrected chi connectivity index (χ2v) is 12.2. The number of aromatic nitrogens is 2. The van der Waals surface area contributed by atoms with Gasteiger partial charge in [-0.3, -0.25) is 0 Å². The van der Waals surface area contributed by atoms with E-state index < -0.39 is 0 Å². The average molecular weight is 608 g/mol. The van der Waals surface area contributed by atoms with Crippen molar-refractivity contribution in [1.82, 2.24) is 8.75 Å². The molecule has 1 aromatic carbocycles. The Bertz CT molecular complexity index is 1100. The Hall–Kier alpha value is -0.500. The zero-order valence-electron chi connectivity index (χ0n) is 12.3. The summed E-state index contributed by atoms with van der Waals surface area (Å²) in [5.41, 5.74) is 6.39. The van der Waals surface area contributed by atoms with Gasteiger partial charge in [-0.1, -0.05) is 0 Å². The Balaban J connectivity index is 1.78. The first-order chi connectivity index (χ1) is 12.2. The second kappa shape index (κ2) is 5.50. The molecule has 0 spiro atoms. The van der Waals surface area contributed by atoms with Crippen LogP contribution in [0.25, 0.3) is 31.9 Å². The molecule has 5 heterocycles. The van der Waals surface area contributed by atoms with E-state index in [-0.39, 0.29) is 0 Å². The lowest BCUT2D eigenvalue weighted by Gasteiger charge is -2.25. The highest BCUT2D eigenvalue weighted by molar-refractivity contribution is 14.1. The SMILES string of the molecule is Ic1cc2c(s1)-c1c(c3c(c4nsnc14)-c1sc(I)cc1CO3)OC2. The summed E-state index contributed by atoms with van der Waals surface area (Å²) in [5.74, 6) is 1.66. The van der Waals surface area contributed by atoms with E-state index in [1.165, 1.54) is 38.4 Å². The zero-order chi connectivity index (χ0) is 16.7. The van der Waals surface area contributed by atoms with Crippen molar-refractivity contribution in [2.24, 2.45) is 0 Å². The molecule has 0 bridgehead atoms. The molecule has 25 heavy (non-hydrogen) atoms. The van der Waals surface area contributed by atoms with E-state index in [0.717, 1.165) is 33.7 Å². The first kappa shape index (κ1) is 15.5. The highest BCUT2D eigenvalue weighted by Gasteiger charge is 2.34. The number of fused-ring (bicyclic) bond motifs is 10. The lowest BCUT2D eigenvalue weighted by Crippen LogP contribution is -2.10. The van der Waals surface area contributed by atoms with E-state index in [9.17, 15) is 0 Å². The fourth-order valence-electron chi connectivity index (χ4n) is 3.38. The van der Waals surface area contributed by atoms with Crippen LogP contribution in [-0.2, 0) is 13.2 Å². The van der Waals surface area contributed by atoms with Crippen LogP contribution in [0, 0.1) is 5.77 Å². The van der Waals surface area contributed by atoms with Gasteiger partial charge in [0.1, 0.15) is 24.2 Å². The number of halogens is 2. The summed E-state index contributed by atoms with van der Waals surface area (Å²) in [6, 6.07) is 4.38. The van der Waals surface area contributed by atoms with Gasteiger partial charge in [-0.25, -0.2) is 0 Å². The first-order valence-corrected chi connectivity index (χ1v) is 11.9. The quantitative estimate of drug-likeness (QED) is 0.225. The van der Waals surface area contributed by atoms with Gasteiger partial charge in [-0.05, 0) is 57.3 Å². The molecule has 3 aromatic heterocycles. The Labute approximate surface area is 181 Å². The minimum atomic E-state index is 0.579. The van der Waals surface area contributed by atoms with Crippen molar-refractivity contribution in [2.75, 3.05) is 0 Å². The van der Waals surface area contributed by atoms with E-state index >= 15 is 0 Å². The number of thiophene rings is 2. The normalized spacial score (nSPS) is 14.3. The topological polar surface area (TPSA) is 44.2 Å². The van der Waals surface area contributed by atoms with Crippen molar-refractivity contribution in [3.63, 3.8) is 0 Å². The molecule has 0 fully saturated rings. The van der Waals surface area contributed by atoms with Crippen molar-refractivity contribution >= 4 is 90.6 Å². The van der Waals surface area contributed by atoms with Gasteiger partial charge < -0.3 is 9.47 Å². The molecule has 0 radical (unpaired) electrons. The molecule has 2 aliphatic heterocycles. The van der Waals surface area contributed by atoms with Crippen molar-refractivity contribution < 1.29 is 9.47 Å². The number of hydrogen-bond donors (Lipinski definition) is 0. The highest BCUT2D eigenvalue weighted by Crippen LogP contribution is 2.57. The summed E-state index contributed by atoms with van der Waals surface area (Å²) in [5, 5.41) is 0. The van der Waals surface area contributed by atoms with Gasteiger partial charge in [0.05, 0.1) is 28.6 Å². The minimum absolute atomic E-state index is 0.579. The van der Waals surface area contributed by atoms with Crippen molar-refractivity contribution in [3.05, 3.63) is 29.0 Å². The molecule has 0 saturated carbocycles. The monoisotopic (exact) mass is 608 g/mol. The summed E-state index contributed by atoms with van der Waals surface area (Å²) in [6.45, 7) is 1.16. The lowest BCUT2D eigenvalue weighted by atomic mass is 9.97. The average Bonchev–Trinajstić information content (AvgIpc) is 3.28. The van der Waals surface area contributed by atoms with Gasteiger partial charge in [0.25, 0.3) is 0 Å². The van der Waals surface area contributed by atoms with Crippen LogP contribution in [0.4, 0.5) is 0 Å². The molecule has 4 aromatic rings. The van der Waals surface area contributed by atoms with E-state index in [1.54, 1.807) is 22.7 Å². The van der Waals surface area contributed by atoms with Crippen molar-refractivity contribution in [3.8, 4) is 32.4 Å². The third-order valence-electron chi connectivity index (χ3n) is 4.38. The largest absolute Gasteiger partial charge is 0.484 e. The van der Waals surface area contributed by atoms with Crippen LogP contribution in [0.15, 0.2) is 12.1 Å². The smallest absolute Gasteiger partial charge is 0.173 e. The molecule has 0 saturated heterocycles. The first-order valence-electron chi connectivity index (χ1n) is 7.35. The van der Waals surface area contributed by atoms with E-state index in [4.69, 9.17) is 9.47 Å². The van der Waals surface area contributed by atoms with Crippen LogP contribution in [0.1, 0.15) is 11.1 Å². The van der Waals surface area contributed by atoms with E-state index in [0.29, 0.717) is 13.2 Å². The highest BCUT2D eigenvalue weighted by atomic mass is 127. The van der Waals surface area contributed by atoms with Crippen LogP contribution < -0.4 is 9.47 Å². The predicted octanol–water partition coefficient (Wildman–Crippen LogP) is 6.14. The van der Waals surface area contributed by atoms with Crippen LogP contribution in [0.5, 0.6) is 11.5 Å². The Morgan fingerprint density at radius 2 is 1.28 bits per heavy atom. The third kappa shape index (κ3) is 2.12. The van der Waals surface area contributed by atoms with E-state index in [1.807, 2.05) is 0 Å². The van der Waals surface area contributed by atoms with Crippen molar-refractivity contribution in [1.29, 1.82) is 0 Å². The van der Waals surface area contributed by atoms with Gasteiger partial charge in [0.2, 0.25) is 0 Å². The van der Waals surface area contributed by atoms with Crippen molar-refractivity contribution in [2.45, 2.75) is 13.2 Å². The Morgan fingerprint density at radius 1 is 0.800 bits per heavy atom. The van der Waals surface area contributed by atoms with Crippen LogP contribution >= 0.6 is 79.6 Å². The van der Waals surface area contributed by atoms with Gasteiger partial charge in [0.15, 0.2) is 11.5 Å². The van der Waals surface area contributed by atoms with Gasteiger partial charge >= 0.3 is 0 Å². The Kier molecular flexibility index (Phi) is 3.42. The summed E-state index contributed by atoms with van der Waals surface area (Å²) in [4.78, 5) is 2.47. The number of rotatable bonds is 0. The molecule has 9 heteroatoms. The standard InChI is InChI=1S/C16H6I2N2O2S3/c17-7-1-5-3-21-13-9(15(5)23-7)11-12(20-25-19-11)10-14(13)22-4-6-2-8(18)24-16(6)10/h1-2H,3-4H2. The number of nitrogens with zero attached hydrogens (tertiary/aromatic N) is 2. The summed E-state index contributed by atoms with van der Waals surface area (Å²) >= 11 is 9.55. The third-order valence-corrected chi connectivity index (χ3v) is 8.82. The van der Waals surface area contributed by atoms with E-state index in [2.05, 4.69) is 66.1 Å². The van der Waals surface area contributed by atoms with Crippen LogP contribution in [0.2, 0.25) is 0 Å². The zero-order valence-corrected chi connectivity index (χ0v) is 19.0. The number of benzene rings is 1. The van der Waals surface area contributed by atoms with Gasteiger partial charge in [0, 0.05) is 20.9 Å². The summed E-state index contributed by atoms with van der Waals surface area (Å²) < 4.78 is 24.1. The molecule has 0 amide bonds. The molecular weight excluding hydrogens is 602 g/mol. The maximum absolute atomic E-state index is 6.18. The number of hydrogen-bond acceptors (Lipinski definition) is 7. The fourth-order valence-corrected chi connectivity index (χ4v) is 7.89.